The van der Waals surface area contributed by atoms with Gasteiger partial charge in [0.25, 0.3) is 0 Å². The number of benzene rings is 1. The molecule has 0 spiro atoms. The van der Waals surface area contributed by atoms with Crippen LogP contribution in [0.15, 0.2) is 28.7 Å². The summed E-state index contributed by atoms with van der Waals surface area (Å²) < 4.78 is 1.14. The summed E-state index contributed by atoms with van der Waals surface area (Å²) in [6, 6.07) is 8.92. The van der Waals surface area contributed by atoms with E-state index in [0.717, 1.165) is 24.0 Å². The zero-order valence-electron chi connectivity index (χ0n) is 10.5. The Labute approximate surface area is 117 Å². The van der Waals surface area contributed by atoms with Crippen LogP contribution in [0.4, 0.5) is 0 Å². The van der Waals surface area contributed by atoms with Crippen molar-refractivity contribution in [1.82, 2.24) is 4.90 Å². The number of nitrogens with zero attached hydrogens (tertiary/aromatic N) is 1. The van der Waals surface area contributed by atoms with E-state index in [4.69, 9.17) is 5.73 Å². The molecule has 0 aliphatic heterocycles. The second-order valence-electron chi connectivity index (χ2n) is 4.22. The molecule has 0 saturated carbocycles. The lowest BCUT2D eigenvalue weighted by Gasteiger charge is -2.26. The van der Waals surface area contributed by atoms with Gasteiger partial charge in [-0.3, -0.25) is 4.90 Å². The molecule has 17 heavy (non-hydrogen) atoms. The molecule has 1 atom stereocenters. The van der Waals surface area contributed by atoms with Gasteiger partial charge in [-0.15, -0.1) is 0 Å². The average molecular weight is 317 g/mol. The van der Waals surface area contributed by atoms with Gasteiger partial charge in [0, 0.05) is 23.6 Å². The summed E-state index contributed by atoms with van der Waals surface area (Å²) in [5, 5.41) is 0. The van der Waals surface area contributed by atoms with Crippen molar-refractivity contribution >= 4 is 27.7 Å². The summed E-state index contributed by atoms with van der Waals surface area (Å²) >= 11 is 5.38. The van der Waals surface area contributed by atoms with Gasteiger partial charge in [-0.25, -0.2) is 0 Å². The Balaban J connectivity index is 2.54. The van der Waals surface area contributed by atoms with Crippen LogP contribution in [0, 0.1) is 0 Å². The molecule has 1 aromatic carbocycles. The van der Waals surface area contributed by atoms with Crippen LogP contribution in [0.1, 0.15) is 12.0 Å². The first kappa shape index (κ1) is 15.0. The van der Waals surface area contributed by atoms with Gasteiger partial charge in [0.2, 0.25) is 0 Å². The first-order chi connectivity index (χ1) is 8.17. The molecule has 0 aliphatic carbocycles. The Bertz CT molecular complexity index is 333. The molecular weight excluding hydrogens is 296 g/mol. The molecule has 0 heterocycles. The highest BCUT2D eigenvalue weighted by atomic mass is 79.9. The van der Waals surface area contributed by atoms with E-state index in [1.165, 1.54) is 11.3 Å². The molecule has 0 aliphatic rings. The molecule has 1 unspecified atom stereocenters. The SMILES string of the molecule is CSCCC(CN)N(C)Cc1cccc(Br)c1. The molecule has 0 bridgehead atoms. The smallest absolute Gasteiger partial charge is 0.0234 e. The van der Waals surface area contributed by atoms with Crippen molar-refractivity contribution in [3.8, 4) is 0 Å². The molecule has 0 radical (unpaired) electrons. The molecule has 0 amide bonds. The van der Waals surface area contributed by atoms with Crippen LogP contribution in [-0.4, -0.2) is 36.5 Å². The van der Waals surface area contributed by atoms with Crippen LogP contribution >= 0.6 is 27.7 Å². The van der Waals surface area contributed by atoms with Crippen LogP contribution in [0.3, 0.4) is 0 Å². The molecule has 1 rings (SSSR count). The molecular formula is C13H21BrN2S. The van der Waals surface area contributed by atoms with Gasteiger partial charge in [-0.2, -0.15) is 11.8 Å². The van der Waals surface area contributed by atoms with Crippen molar-refractivity contribution < 1.29 is 0 Å². The predicted molar refractivity (Wildman–Crippen MR) is 81.5 cm³/mol. The molecule has 0 fully saturated rings. The third-order valence-electron chi connectivity index (χ3n) is 2.87. The summed E-state index contributed by atoms with van der Waals surface area (Å²) in [6.07, 6.45) is 3.30. The Morgan fingerprint density at radius 3 is 2.82 bits per heavy atom. The maximum atomic E-state index is 5.84. The minimum Gasteiger partial charge on any atom is -0.329 e. The molecule has 96 valence electrons. The highest BCUT2D eigenvalue weighted by Crippen LogP contribution is 2.15. The third-order valence-corrected chi connectivity index (χ3v) is 4.01. The van der Waals surface area contributed by atoms with Crippen molar-refractivity contribution in [2.75, 3.05) is 25.6 Å². The molecule has 4 heteroatoms. The minimum atomic E-state index is 0.474. The topological polar surface area (TPSA) is 29.3 Å². The lowest BCUT2D eigenvalue weighted by Crippen LogP contribution is -2.37. The van der Waals surface area contributed by atoms with E-state index in [-0.39, 0.29) is 0 Å². The minimum absolute atomic E-state index is 0.474. The first-order valence-corrected chi connectivity index (χ1v) is 7.99. The number of nitrogens with two attached hydrogens (primary N) is 1. The fourth-order valence-electron chi connectivity index (χ4n) is 1.82. The maximum Gasteiger partial charge on any atom is 0.0234 e. The van der Waals surface area contributed by atoms with E-state index in [2.05, 4.69) is 58.4 Å². The van der Waals surface area contributed by atoms with Gasteiger partial charge in [0.15, 0.2) is 0 Å². The fraction of sp³-hybridized carbons (Fsp3) is 0.538. The lowest BCUT2D eigenvalue weighted by atomic mass is 10.1. The first-order valence-electron chi connectivity index (χ1n) is 5.81. The highest BCUT2D eigenvalue weighted by molar-refractivity contribution is 9.10. The molecule has 2 nitrogen and oxygen atoms in total. The van der Waals surface area contributed by atoms with Crippen molar-refractivity contribution in [2.24, 2.45) is 5.73 Å². The van der Waals surface area contributed by atoms with Crippen LogP contribution in [0.2, 0.25) is 0 Å². The normalized spacial score (nSPS) is 13.0. The Morgan fingerprint density at radius 1 is 1.47 bits per heavy atom. The van der Waals surface area contributed by atoms with Crippen LogP contribution in [0.5, 0.6) is 0 Å². The Morgan fingerprint density at radius 2 is 2.24 bits per heavy atom. The Hall–Kier alpha value is -0.0300. The molecule has 0 aromatic heterocycles. The quantitative estimate of drug-likeness (QED) is 0.838. The molecule has 1 aromatic rings. The summed E-state index contributed by atoms with van der Waals surface area (Å²) in [5.74, 6) is 1.17. The van der Waals surface area contributed by atoms with Crippen LogP contribution in [0.25, 0.3) is 0 Å². The van der Waals surface area contributed by atoms with E-state index in [9.17, 15) is 0 Å². The number of hydrogen-bond acceptors (Lipinski definition) is 3. The second kappa shape index (κ2) is 8.14. The van der Waals surface area contributed by atoms with Crippen molar-refractivity contribution in [1.29, 1.82) is 0 Å². The van der Waals surface area contributed by atoms with Crippen molar-refractivity contribution in [3.05, 3.63) is 34.3 Å². The Kier molecular flexibility index (Phi) is 7.19. The predicted octanol–water partition coefficient (Wildman–Crippen LogP) is 2.96. The largest absolute Gasteiger partial charge is 0.329 e. The monoisotopic (exact) mass is 316 g/mol. The van der Waals surface area contributed by atoms with E-state index < -0.39 is 0 Å². The van der Waals surface area contributed by atoms with Gasteiger partial charge in [0.1, 0.15) is 0 Å². The zero-order chi connectivity index (χ0) is 12.7. The fourth-order valence-corrected chi connectivity index (χ4v) is 2.78. The third kappa shape index (κ3) is 5.42. The van der Waals surface area contributed by atoms with E-state index in [0.29, 0.717) is 6.04 Å². The van der Waals surface area contributed by atoms with Gasteiger partial charge < -0.3 is 5.73 Å². The standard InChI is InChI=1S/C13H21BrN2S/c1-16(13(9-15)6-7-17-2)10-11-4-3-5-12(14)8-11/h3-5,8,13H,6-7,9-10,15H2,1-2H3. The summed E-state index contributed by atoms with van der Waals surface area (Å²) in [4.78, 5) is 2.35. The average Bonchev–Trinajstić information content (AvgIpc) is 2.30. The number of likely N-dealkylation sites (N-methyl/N-ethyl adjacent to an activating group) is 1. The van der Waals surface area contributed by atoms with Gasteiger partial charge in [0.05, 0.1) is 0 Å². The number of thioether (sulfide) groups is 1. The van der Waals surface area contributed by atoms with Crippen molar-refractivity contribution in [3.63, 3.8) is 0 Å². The second-order valence-corrected chi connectivity index (χ2v) is 6.12. The van der Waals surface area contributed by atoms with E-state index >= 15 is 0 Å². The summed E-state index contributed by atoms with van der Waals surface area (Å²) in [6.45, 7) is 1.68. The summed E-state index contributed by atoms with van der Waals surface area (Å²) in [7, 11) is 2.15. The zero-order valence-corrected chi connectivity index (χ0v) is 12.9. The lowest BCUT2D eigenvalue weighted by molar-refractivity contribution is 0.234. The summed E-state index contributed by atoms with van der Waals surface area (Å²) in [5.41, 5.74) is 7.16. The van der Waals surface area contributed by atoms with E-state index in [1.807, 2.05) is 11.8 Å². The number of rotatable bonds is 7. The van der Waals surface area contributed by atoms with Crippen molar-refractivity contribution in [2.45, 2.75) is 19.0 Å². The highest BCUT2D eigenvalue weighted by Gasteiger charge is 2.12. The van der Waals surface area contributed by atoms with E-state index in [1.54, 1.807) is 0 Å². The van der Waals surface area contributed by atoms with Gasteiger partial charge >= 0.3 is 0 Å². The van der Waals surface area contributed by atoms with Crippen LogP contribution < -0.4 is 5.73 Å². The molecule has 2 N–H and O–H groups in total. The van der Waals surface area contributed by atoms with Crippen LogP contribution in [-0.2, 0) is 6.54 Å². The maximum absolute atomic E-state index is 5.84. The van der Waals surface area contributed by atoms with Gasteiger partial charge in [-0.05, 0) is 43.2 Å². The molecule has 0 saturated heterocycles. The number of hydrogen-bond donors (Lipinski definition) is 1. The number of halogens is 1. The van der Waals surface area contributed by atoms with Gasteiger partial charge in [-0.1, -0.05) is 28.1 Å².